The zero-order valence-electron chi connectivity index (χ0n) is 17.5. The van der Waals surface area contributed by atoms with E-state index in [9.17, 15) is 4.79 Å². The Hall–Kier alpha value is -3.25. The minimum atomic E-state index is -1.28. The van der Waals surface area contributed by atoms with E-state index >= 15 is 0 Å². The van der Waals surface area contributed by atoms with Crippen LogP contribution in [0.3, 0.4) is 0 Å². The summed E-state index contributed by atoms with van der Waals surface area (Å²) < 4.78 is 22.3. The zero-order chi connectivity index (χ0) is 21.4. The summed E-state index contributed by atoms with van der Waals surface area (Å²) in [6.07, 6.45) is 3.83. The van der Waals surface area contributed by atoms with E-state index in [0.29, 0.717) is 24.5 Å². The average molecular weight is 409 g/mol. The normalized spacial score (nSPS) is 18.1. The predicted octanol–water partition coefficient (Wildman–Crippen LogP) is 3.73. The summed E-state index contributed by atoms with van der Waals surface area (Å²) in [4.78, 5) is 13.4. The molecule has 1 aliphatic rings. The van der Waals surface area contributed by atoms with Crippen LogP contribution in [0, 0.1) is 0 Å². The third-order valence-electron chi connectivity index (χ3n) is 5.02. The average Bonchev–Trinajstić information content (AvgIpc) is 2.82. The van der Waals surface area contributed by atoms with Crippen molar-refractivity contribution in [2.24, 2.45) is 0 Å². The summed E-state index contributed by atoms with van der Waals surface area (Å²) in [6.45, 7) is 0.630. The van der Waals surface area contributed by atoms with Gasteiger partial charge in [0.2, 0.25) is 5.60 Å². The molecule has 2 aromatic carbocycles. The van der Waals surface area contributed by atoms with Gasteiger partial charge >= 0.3 is 0 Å². The smallest absolute Gasteiger partial charge is 0.260 e. The van der Waals surface area contributed by atoms with Crippen molar-refractivity contribution >= 4 is 5.91 Å². The van der Waals surface area contributed by atoms with Gasteiger partial charge in [0.15, 0.2) is 0 Å². The summed E-state index contributed by atoms with van der Waals surface area (Å²) in [5.41, 5.74) is 0.644. The highest BCUT2D eigenvalue weighted by Crippen LogP contribution is 2.34. The lowest BCUT2D eigenvalue weighted by atomic mass is 9.90. The number of carbonyl (C=O) groups excluding carboxylic acids is 1. The van der Waals surface area contributed by atoms with E-state index < -0.39 is 5.60 Å². The Bertz CT molecular complexity index is 905. The lowest BCUT2D eigenvalue weighted by molar-refractivity contribution is -0.149. The number of amides is 1. The van der Waals surface area contributed by atoms with Crippen LogP contribution < -0.4 is 10.1 Å². The summed E-state index contributed by atoms with van der Waals surface area (Å²) in [6, 6.07) is 17.3. The molecule has 1 amide bonds. The molecule has 6 heteroatoms. The number of nitrogens with one attached hydrogen (secondary N) is 1. The first-order chi connectivity index (χ1) is 14.6. The van der Waals surface area contributed by atoms with Crippen molar-refractivity contribution in [2.75, 3.05) is 21.3 Å². The first-order valence-corrected chi connectivity index (χ1v) is 9.70. The molecule has 0 aromatic heterocycles. The summed E-state index contributed by atoms with van der Waals surface area (Å²) in [5.74, 6) is 1.54. The number of benzene rings is 2. The fourth-order valence-electron chi connectivity index (χ4n) is 3.27. The van der Waals surface area contributed by atoms with Crippen LogP contribution in [0.4, 0.5) is 0 Å². The molecule has 1 unspecified atom stereocenters. The van der Waals surface area contributed by atoms with Crippen molar-refractivity contribution < 1.29 is 23.7 Å². The number of allylic oxidation sites excluding steroid dienone is 1. The SMILES string of the molecule is COC1=CCC(OCc2ccccc2)(C(=O)NCc2ccc(OC)cc2)C(OC)=C1. The molecule has 0 radical (unpaired) electrons. The van der Waals surface area contributed by atoms with Crippen LogP contribution in [-0.2, 0) is 32.2 Å². The largest absolute Gasteiger partial charge is 0.497 e. The predicted molar refractivity (Wildman–Crippen MR) is 114 cm³/mol. The molecule has 6 nitrogen and oxygen atoms in total. The first kappa shape index (κ1) is 21.5. The molecule has 1 atom stereocenters. The van der Waals surface area contributed by atoms with Gasteiger partial charge < -0.3 is 24.3 Å². The Kier molecular flexibility index (Phi) is 7.14. The second kappa shape index (κ2) is 9.98. The van der Waals surface area contributed by atoms with Gasteiger partial charge in [0.25, 0.3) is 5.91 Å². The Morgan fingerprint density at radius 3 is 2.30 bits per heavy atom. The van der Waals surface area contributed by atoms with Gasteiger partial charge in [-0.3, -0.25) is 4.79 Å². The lowest BCUT2D eigenvalue weighted by Crippen LogP contribution is -2.51. The van der Waals surface area contributed by atoms with Gasteiger partial charge in [0, 0.05) is 19.0 Å². The fraction of sp³-hybridized carbons (Fsp3) is 0.292. The molecule has 1 aliphatic carbocycles. The van der Waals surface area contributed by atoms with Crippen LogP contribution in [0.1, 0.15) is 17.5 Å². The maximum absolute atomic E-state index is 13.4. The van der Waals surface area contributed by atoms with Crippen molar-refractivity contribution in [3.63, 3.8) is 0 Å². The molecule has 3 rings (SSSR count). The second-order valence-corrected chi connectivity index (χ2v) is 6.86. The van der Waals surface area contributed by atoms with Crippen LogP contribution in [0.15, 0.2) is 78.3 Å². The van der Waals surface area contributed by atoms with E-state index in [0.717, 1.165) is 16.9 Å². The number of hydrogen-bond donors (Lipinski definition) is 1. The maximum atomic E-state index is 13.4. The summed E-state index contributed by atoms with van der Waals surface area (Å²) in [5, 5.41) is 2.98. The molecular weight excluding hydrogens is 382 g/mol. The van der Waals surface area contributed by atoms with Crippen molar-refractivity contribution in [3.8, 4) is 5.75 Å². The molecule has 158 valence electrons. The Morgan fingerprint density at radius 2 is 1.67 bits per heavy atom. The second-order valence-electron chi connectivity index (χ2n) is 6.86. The quantitative estimate of drug-likeness (QED) is 0.684. The van der Waals surface area contributed by atoms with Gasteiger partial charge in [-0.1, -0.05) is 42.5 Å². The van der Waals surface area contributed by atoms with Gasteiger partial charge in [0.1, 0.15) is 17.3 Å². The third kappa shape index (κ3) is 4.83. The van der Waals surface area contributed by atoms with Gasteiger partial charge in [-0.05, 0) is 29.3 Å². The molecule has 0 aliphatic heterocycles. The molecule has 0 saturated heterocycles. The Labute approximate surface area is 177 Å². The minimum absolute atomic E-state index is 0.270. The zero-order valence-corrected chi connectivity index (χ0v) is 17.5. The fourth-order valence-corrected chi connectivity index (χ4v) is 3.27. The number of carbonyl (C=O) groups is 1. The molecular formula is C24H27NO5. The number of hydrogen-bond acceptors (Lipinski definition) is 5. The van der Waals surface area contributed by atoms with E-state index in [2.05, 4.69) is 5.32 Å². The van der Waals surface area contributed by atoms with Crippen molar-refractivity contribution in [2.45, 2.75) is 25.2 Å². The monoisotopic (exact) mass is 409 g/mol. The highest BCUT2D eigenvalue weighted by molar-refractivity contribution is 5.89. The molecule has 0 saturated carbocycles. The van der Waals surface area contributed by atoms with Gasteiger partial charge in [-0.15, -0.1) is 0 Å². The highest BCUT2D eigenvalue weighted by Gasteiger charge is 2.46. The Morgan fingerprint density at radius 1 is 0.933 bits per heavy atom. The van der Waals surface area contributed by atoms with Crippen LogP contribution in [0.5, 0.6) is 5.75 Å². The molecule has 30 heavy (non-hydrogen) atoms. The molecule has 2 aromatic rings. The minimum Gasteiger partial charge on any atom is -0.497 e. The topological polar surface area (TPSA) is 66.0 Å². The molecule has 0 spiro atoms. The van der Waals surface area contributed by atoms with Crippen molar-refractivity contribution in [1.82, 2.24) is 5.32 Å². The molecule has 1 N–H and O–H groups in total. The molecule has 0 bridgehead atoms. The van der Waals surface area contributed by atoms with Gasteiger partial charge in [-0.2, -0.15) is 0 Å². The van der Waals surface area contributed by atoms with Gasteiger partial charge in [0.05, 0.1) is 27.9 Å². The standard InChI is InChI=1S/C24H27NO5/c1-27-20-11-9-18(10-12-20)16-25-23(26)24(30-17-19-7-5-4-6-8-19)14-13-21(28-2)15-22(24)29-3/h4-13,15H,14,16-17H2,1-3H3,(H,25,26). The number of rotatable bonds is 9. The lowest BCUT2D eigenvalue weighted by Gasteiger charge is -2.35. The number of ether oxygens (including phenoxy) is 4. The highest BCUT2D eigenvalue weighted by atomic mass is 16.5. The van der Waals surface area contributed by atoms with Crippen LogP contribution in [0.25, 0.3) is 0 Å². The summed E-state index contributed by atoms with van der Waals surface area (Å²) >= 11 is 0. The Balaban J connectivity index is 1.80. The first-order valence-electron chi connectivity index (χ1n) is 9.70. The maximum Gasteiger partial charge on any atom is 0.260 e. The van der Waals surface area contributed by atoms with E-state index in [1.807, 2.05) is 60.7 Å². The van der Waals surface area contributed by atoms with Crippen LogP contribution in [-0.4, -0.2) is 32.8 Å². The van der Waals surface area contributed by atoms with Gasteiger partial charge in [-0.25, -0.2) is 0 Å². The van der Waals surface area contributed by atoms with E-state index in [1.165, 1.54) is 7.11 Å². The van der Waals surface area contributed by atoms with E-state index in [-0.39, 0.29) is 12.5 Å². The van der Waals surface area contributed by atoms with Crippen LogP contribution >= 0.6 is 0 Å². The van der Waals surface area contributed by atoms with Crippen LogP contribution in [0.2, 0.25) is 0 Å². The van der Waals surface area contributed by atoms with Crippen molar-refractivity contribution in [3.05, 3.63) is 89.4 Å². The third-order valence-corrected chi connectivity index (χ3v) is 5.02. The summed E-state index contributed by atoms with van der Waals surface area (Å²) in [7, 11) is 4.73. The van der Waals surface area contributed by atoms with Crippen molar-refractivity contribution in [1.29, 1.82) is 0 Å². The molecule has 0 heterocycles. The number of methoxy groups -OCH3 is 3. The van der Waals surface area contributed by atoms with E-state index in [4.69, 9.17) is 18.9 Å². The van der Waals surface area contributed by atoms with E-state index in [1.54, 1.807) is 20.3 Å². The molecule has 0 fully saturated rings.